The number of carbonyl (C=O) groups excluding carboxylic acids is 1. The van der Waals surface area contributed by atoms with E-state index in [0.29, 0.717) is 12.3 Å². The Bertz CT molecular complexity index is 274. The number of carboxylic acids is 1. The maximum Gasteiger partial charge on any atom is 0.328 e. The zero-order valence-electron chi connectivity index (χ0n) is 11.0. The molecule has 0 saturated heterocycles. The fourth-order valence-electron chi connectivity index (χ4n) is 2.42. The van der Waals surface area contributed by atoms with E-state index >= 15 is 0 Å². The molecule has 0 radical (unpaired) electrons. The minimum atomic E-state index is -1.05. The summed E-state index contributed by atoms with van der Waals surface area (Å²) in [6.07, 6.45) is 7.50. The lowest BCUT2D eigenvalue weighted by molar-refractivity contribution is -0.143. The molecule has 1 atom stereocenters. The molecule has 0 aromatic rings. The van der Waals surface area contributed by atoms with Crippen LogP contribution in [0.1, 0.15) is 44.9 Å². The number of hydrogen-bond donors (Lipinski definition) is 2. The zero-order valence-corrected chi connectivity index (χ0v) is 11.0. The molecule has 0 bridgehead atoms. The molecule has 1 rings (SSSR count). The molecular formula is C13H23NO4. The average molecular weight is 257 g/mol. The fraction of sp³-hybridized carbons (Fsp3) is 0.846. The molecule has 0 aliphatic heterocycles. The Labute approximate surface area is 108 Å². The van der Waals surface area contributed by atoms with Gasteiger partial charge in [0.25, 0.3) is 0 Å². The van der Waals surface area contributed by atoms with Gasteiger partial charge in [0, 0.05) is 13.5 Å². The van der Waals surface area contributed by atoms with Crippen molar-refractivity contribution in [3.8, 4) is 0 Å². The van der Waals surface area contributed by atoms with Gasteiger partial charge in [0.1, 0.15) is 0 Å². The van der Waals surface area contributed by atoms with Crippen LogP contribution < -0.4 is 5.32 Å². The van der Waals surface area contributed by atoms with Crippen molar-refractivity contribution in [1.29, 1.82) is 0 Å². The van der Waals surface area contributed by atoms with Crippen molar-refractivity contribution in [3.05, 3.63) is 0 Å². The van der Waals surface area contributed by atoms with Crippen LogP contribution in [0.15, 0.2) is 0 Å². The molecule has 1 aliphatic rings. The third-order valence-electron chi connectivity index (χ3n) is 3.47. The van der Waals surface area contributed by atoms with Gasteiger partial charge in [-0.05, 0) is 12.3 Å². The van der Waals surface area contributed by atoms with Crippen LogP contribution in [0.2, 0.25) is 0 Å². The molecule has 0 heterocycles. The second kappa shape index (κ2) is 8.08. The number of amides is 1. The second-order valence-corrected chi connectivity index (χ2v) is 4.96. The van der Waals surface area contributed by atoms with Crippen LogP contribution in [-0.2, 0) is 14.3 Å². The molecule has 18 heavy (non-hydrogen) atoms. The third-order valence-corrected chi connectivity index (χ3v) is 3.47. The summed E-state index contributed by atoms with van der Waals surface area (Å²) < 4.78 is 4.77. The quantitative estimate of drug-likeness (QED) is 0.725. The number of aliphatic carboxylic acids is 1. The van der Waals surface area contributed by atoms with Crippen molar-refractivity contribution >= 4 is 11.9 Å². The van der Waals surface area contributed by atoms with Crippen molar-refractivity contribution < 1.29 is 19.4 Å². The number of methoxy groups -OCH3 is 1. The highest BCUT2D eigenvalue weighted by Crippen LogP contribution is 2.27. The van der Waals surface area contributed by atoms with E-state index in [9.17, 15) is 9.59 Å². The molecule has 1 fully saturated rings. The fourth-order valence-corrected chi connectivity index (χ4v) is 2.42. The van der Waals surface area contributed by atoms with Gasteiger partial charge >= 0.3 is 5.97 Å². The van der Waals surface area contributed by atoms with Gasteiger partial charge in [0.05, 0.1) is 6.61 Å². The highest BCUT2D eigenvalue weighted by atomic mass is 16.5. The molecule has 5 nitrogen and oxygen atoms in total. The molecule has 1 amide bonds. The van der Waals surface area contributed by atoms with Gasteiger partial charge in [-0.25, -0.2) is 4.79 Å². The standard InChI is InChI=1S/C13H23NO4/c1-18-9-11(13(16)17)14-12(15)8-7-10-5-3-2-4-6-10/h10-11H,2-9H2,1H3,(H,14,15)(H,16,17). The molecule has 5 heteroatoms. The van der Waals surface area contributed by atoms with Crippen LogP contribution in [0.25, 0.3) is 0 Å². The second-order valence-electron chi connectivity index (χ2n) is 4.96. The Hall–Kier alpha value is -1.10. The molecule has 2 N–H and O–H groups in total. The Morgan fingerprint density at radius 1 is 1.33 bits per heavy atom. The Kier molecular flexibility index (Phi) is 6.72. The summed E-state index contributed by atoms with van der Waals surface area (Å²) in [4.78, 5) is 22.5. The molecule has 1 unspecified atom stereocenters. The van der Waals surface area contributed by atoms with E-state index in [4.69, 9.17) is 9.84 Å². The number of nitrogens with one attached hydrogen (secondary N) is 1. The first kappa shape index (κ1) is 15.0. The van der Waals surface area contributed by atoms with Crippen molar-refractivity contribution in [3.63, 3.8) is 0 Å². The first-order valence-electron chi connectivity index (χ1n) is 6.64. The van der Waals surface area contributed by atoms with E-state index in [1.165, 1.54) is 39.2 Å². The molecular weight excluding hydrogens is 234 g/mol. The monoisotopic (exact) mass is 257 g/mol. The third kappa shape index (κ3) is 5.49. The Balaban J connectivity index is 2.24. The van der Waals surface area contributed by atoms with E-state index in [2.05, 4.69) is 5.32 Å². The zero-order chi connectivity index (χ0) is 13.4. The maximum absolute atomic E-state index is 11.6. The van der Waals surface area contributed by atoms with Gasteiger partial charge in [-0.15, -0.1) is 0 Å². The van der Waals surface area contributed by atoms with E-state index in [0.717, 1.165) is 6.42 Å². The first-order valence-corrected chi connectivity index (χ1v) is 6.64. The van der Waals surface area contributed by atoms with E-state index in [-0.39, 0.29) is 12.5 Å². The van der Waals surface area contributed by atoms with Crippen LogP contribution in [0, 0.1) is 5.92 Å². The normalized spacial score (nSPS) is 18.3. The van der Waals surface area contributed by atoms with Gasteiger partial charge in [0.2, 0.25) is 5.91 Å². The van der Waals surface area contributed by atoms with Crippen LogP contribution in [0.3, 0.4) is 0 Å². The summed E-state index contributed by atoms with van der Waals surface area (Å²) in [5, 5.41) is 11.4. The minimum absolute atomic E-state index is 0.00447. The van der Waals surface area contributed by atoms with Gasteiger partial charge in [0.15, 0.2) is 6.04 Å². The molecule has 104 valence electrons. The predicted molar refractivity (Wildman–Crippen MR) is 67.3 cm³/mol. The Morgan fingerprint density at radius 2 is 2.00 bits per heavy atom. The molecule has 1 aliphatic carbocycles. The number of hydrogen-bond acceptors (Lipinski definition) is 3. The smallest absolute Gasteiger partial charge is 0.328 e. The summed E-state index contributed by atoms with van der Waals surface area (Å²) in [5.41, 5.74) is 0. The predicted octanol–water partition coefficient (Wildman–Crippen LogP) is 1.56. The lowest BCUT2D eigenvalue weighted by atomic mass is 9.86. The van der Waals surface area contributed by atoms with Crippen LogP contribution in [0.4, 0.5) is 0 Å². The average Bonchev–Trinajstić information content (AvgIpc) is 2.37. The largest absolute Gasteiger partial charge is 0.480 e. The van der Waals surface area contributed by atoms with Gasteiger partial charge in [-0.2, -0.15) is 0 Å². The highest BCUT2D eigenvalue weighted by Gasteiger charge is 2.20. The van der Waals surface area contributed by atoms with Crippen LogP contribution in [-0.4, -0.2) is 36.7 Å². The van der Waals surface area contributed by atoms with E-state index in [1.807, 2.05) is 0 Å². The molecule has 0 aromatic carbocycles. The van der Waals surface area contributed by atoms with E-state index in [1.54, 1.807) is 0 Å². The summed E-state index contributed by atoms with van der Waals surface area (Å²) in [6, 6.07) is -0.936. The van der Waals surface area contributed by atoms with Crippen LogP contribution in [0.5, 0.6) is 0 Å². The lowest BCUT2D eigenvalue weighted by Gasteiger charge is -2.21. The summed E-state index contributed by atoms with van der Waals surface area (Å²) in [7, 11) is 1.42. The maximum atomic E-state index is 11.6. The number of rotatable bonds is 7. The number of carbonyl (C=O) groups is 2. The van der Waals surface area contributed by atoms with Gasteiger partial charge in [-0.3, -0.25) is 4.79 Å². The number of ether oxygens (including phenoxy) is 1. The van der Waals surface area contributed by atoms with Crippen molar-refractivity contribution in [1.82, 2.24) is 5.32 Å². The van der Waals surface area contributed by atoms with Crippen molar-refractivity contribution in [2.24, 2.45) is 5.92 Å². The summed E-state index contributed by atoms with van der Waals surface area (Å²) in [6.45, 7) is 0.00447. The first-order chi connectivity index (χ1) is 8.63. The molecule has 1 saturated carbocycles. The Morgan fingerprint density at radius 3 is 2.56 bits per heavy atom. The van der Waals surface area contributed by atoms with Crippen molar-refractivity contribution in [2.75, 3.05) is 13.7 Å². The lowest BCUT2D eigenvalue weighted by Crippen LogP contribution is -2.43. The van der Waals surface area contributed by atoms with Gasteiger partial charge in [-0.1, -0.05) is 32.1 Å². The number of carboxylic acid groups (broad SMARTS) is 1. The highest BCUT2D eigenvalue weighted by molar-refractivity contribution is 5.83. The topological polar surface area (TPSA) is 75.6 Å². The summed E-state index contributed by atoms with van der Waals surface area (Å²) >= 11 is 0. The minimum Gasteiger partial charge on any atom is -0.480 e. The molecule has 0 spiro atoms. The van der Waals surface area contributed by atoms with Gasteiger partial charge < -0.3 is 15.2 Å². The van der Waals surface area contributed by atoms with Crippen molar-refractivity contribution in [2.45, 2.75) is 51.0 Å². The van der Waals surface area contributed by atoms with Crippen LogP contribution >= 0.6 is 0 Å². The molecule has 0 aromatic heterocycles. The SMILES string of the molecule is COCC(NC(=O)CCC1CCCCC1)C(=O)O. The van der Waals surface area contributed by atoms with E-state index < -0.39 is 12.0 Å². The summed E-state index contributed by atoms with van der Waals surface area (Å²) in [5.74, 6) is -0.608.